The molecule has 1 amide bonds. The van der Waals surface area contributed by atoms with E-state index in [1.807, 2.05) is 20.8 Å². The standard InChI is InChI=1S/C12H19NO2/c1-5-8-13-11(14)7-6-10(4)12(15)9(2)3/h1,6-7,9-10,12,15H,8H2,2-4H3,(H,13,14)/b7-6+/t10-,12?/m1/s1. The normalized spacial score (nSPS) is 14.9. The highest BCUT2D eigenvalue weighted by atomic mass is 16.3. The number of rotatable bonds is 5. The second-order valence-corrected chi connectivity index (χ2v) is 3.87. The monoisotopic (exact) mass is 209 g/mol. The highest BCUT2D eigenvalue weighted by Crippen LogP contribution is 2.13. The lowest BCUT2D eigenvalue weighted by Crippen LogP contribution is -2.24. The van der Waals surface area contributed by atoms with E-state index >= 15 is 0 Å². The topological polar surface area (TPSA) is 49.3 Å². The molecule has 15 heavy (non-hydrogen) atoms. The van der Waals surface area contributed by atoms with E-state index in [0.29, 0.717) is 0 Å². The minimum absolute atomic E-state index is 0.0402. The van der Waals surface area contributed by atoms with Crippen molar-refractivity contribution in [3.05, 3.63) is 12.2 Å². The minimum atomic E-state index is -0.429. The second kappa shape index (κ2) is 7.08. The summed E-state index contributed by atoms with van der Waals surface area (Å²) >= 11 is 0. The predicted octanol–water partition coefficient (Wildman–Crippen LogP) is 0.945. The number of aliphatic hydroxyl groups excluding tert-OH is 1. The lowest BCUT2D eigenvalue weighted by molar-refractivity contribution is -0.116. The van der Waals surface area contributed by atoms with E-state index in [1.54, 1.807) is 6.08 Å². The molecule has 0 aliphatic carbocycles. The number of carbonyl (C=O) groups excluding carboxylic acids is 1. The van der Waals surface area contributed by atoms with Gasteiger partial charge in [0.1, 0.15) is 0 Å². The van der Waals surface area contributed by atoms with E-state index in [2.05, 4.69) is 11.2 Å². The van der Waals surface area contributed by atoms with Gasteiger partial charge in [0.2, 0.25) is 5.91 Å². The van der Waals surface area contributed by atoms with E-state index in [1.165, 1.54) is 6.08 Å². The number of carbonyl (C=O) groups is 1. The Morgan fingerprint density at radius 3 is 2.60 bits per heavy atom. The Bertz CT molecular complexity index is 263. The number of terminal acetylenes is 1. The van der Waals surface area contributed by atoms with Gasteiger partial charge in [0.05, 0.1) is 12.6 Å². The van der Waals surface area contributed by atoms with E-state index in [-0.39, 0.29) is 24.3 Å². The lowest BCUT2D eigenvalue weighted by atomic mass is 9.94. The molecule has 0 radical (unpaired) electrons. The molecule has 0 saturated heterocycles. The first kappa shape index (κ1) is 13.7. The van der Waals surface area contributed by atoms with Gasteiger partial charge in [0, 0.05) is 5.92 Å². The largest absolute Gasteiger partial charge is 0.392 e. The van der Waals surface area contributed by atoms with Gasteiger partial charge in [-0.2, -0.15) is 0 Å². The molecular weight excluding hydrogens is 190 g/mol. The highest BCUT2D eigenvalue weighted by Gasteiger charge is 2.15. The Balaban J connectivity index is 4.05. The molecule has 0 bridgehead atoms. The zero-order valence-electron chi connectivity index (χ0n) is 9.53. The molecule has 2 N–H and O–H groups in total. The maximum atomic E-state index is 11.1. The molecule has 0 fully saturated rings. The zero-order valence-corrected chi connectivity index (χ0v) is 9.53. The molecule has 84 valence electrons. The van der Waals surface area contributed by atoms with Crippen LogP contribution in [0.15, 0.2) is 12.2 Å². The van der Waals surface area contributed by atoms with Crippen LogP contribution in [0.25, 0.3) is 0 Å². The van der Waals surface area contributed by atoms with Crippen LogP contribution < -0.4 is 5.32 Å². The van der Waals surface area contributed by atoms with Crippen molar-refractivity contribution in [1.29, 1.82) is 0 Å². The van der Waals surface area contributed by atoms with Gasteiger partial charge in [0.15, 0.2) is 0 Å². The smallest absolute Gasteiger partial charge is 0.244 e. The van der Waals surface area contributed by atoms with Crippen LogP contribution in [0.3, 0.4) is 0 Å². The summed E-state index contributed by atoms with van der Waals surface area (Å²) in [5.74, 6) is 2.22. The van der Waals surface area contributed by atoms with Gasteiger partial charge in [-0.25, -0.2) is 0 Å². The summed E-state index contributed by atoms with van der Waals surface area (Å²) in [7, 11) is 0. The van der Waals surface area contributed by atoms with Gasteiger partial charge in [-0.15, -0.1) is 6.42 Å². The fourth-order valence-electron chi connectivity index (χ4n) is 1.16. The molecule has 0 aliphatic heterocycles. The number of hydrogen-bond donors (Lipinski definition) is 2. The van der Waals surface area contributed by atoms with Crippen LogP contribution in [0.2, 0.25) is 0 Å². The average molecular weight is 209 g/mol. The van der Waals surface area contributed by atoms with Gasteiger partial charge in [0.25, 0.3) is 0 Å². The van der Waals surface area contributed by atoms with Crippen molar-refractivity contribution in [2.75, 3.05) is 6.54 Å². The Labute approximate surface area is 91.6 Å². The van der Waals surface area contributed by atoms with Crippen LogP contribution in [0, 0.1) is 24.2 Å². The molecule has 2 atom stereocenters. The predicted molar refractivity (Wildman–Crippen MR) is 61.0 cm³/mol. The van der Waals surface area contributed by atoms with Crippen LogP contribution in [0.1, 0.15) is 20.8 Å². The van der Waals surface area contributed by atoms with Crippen molar-refractivity contribution >= 4 is 5.91 Å². The molecule has 3 nitrogen and oxygen atoms in total. The fourth-order valence-corrected chi connectivity index (χ4v) is 1.16. The van der Waals surface area contributed by atoms with E-state index < -0.39 is 6.10 Å². The molecule has 0 aliphatic rings. The lowest BCUT2D eigenvalue weighted by Gasteiger charge is -2.18. The van der Waals surface area contributed by atoms with Crippen molar-refractivity contribution in [3.8, 4) is 12.3 Å². The third-order valence-electron chi connectivity index (χ3n) is 2.14. The Morgan fingerprint density at radius 1 is 1.53 bits per heavy atom. The number of amides is 1. The van der Waals surface area contributed by atoms with Gasteiger partial charge in [-0.3, -0.25) is 4.79 Å². The first-order chi connectivity index (χ1) is 6.99. The molecule has 0 aromatic rings. The molecule has 0 aromatic heterocycles. The maximum absolute atomic E-state index is 11.1. The van der Waals surface area contributed by atoms with Crippen molar-refractivity contribution < 1.29 is 9.90 Å². The fraction of sp³-hybridized carbons (Fsp3) is 0.583. The molecule has 0 saturated carbocycles. The van der Waals surface area contributed by atoms with E-state index in [9.17, 15) is 9.90 Å². The van der Waals surface area contributed by atoms with Crippen LogP contribution in [0.4, 0.5) is 0 Å². The highest BCUT2D eigenvalue weighted by molar-refractivity contribution is 5.87. The summed E-state index contributed by atoms with van der Waals surface area (Å²) in [6, 6.07) is 0. The summed E-state index contributed by atoms with van der Waals surface area (Å²) < 4.78 is 0. The first-order valence-electron chi connectivity index (χ1n) is 5.06. The summed E-state index contributed by atoms with van der Waals surface area (Å²) in [6.07, 6.45) is 7.66. The molecular formula is C12H19NO2. The Morgan fingerprint density at radius 2 is 2.13 bits per heavy atom. The number of hydrogen-bond acceptors (Lipinski definition) is 2. The van der Waals surface area contributed by atoms with Gasteiger partial charge >= 0.3 is 0 Å². The first-order valence-corrected chi connectivity index (χ1v) is 5.06. The quantitative estimate of drug-likeness (QED) is 0.523. The summed E-state index contributed by atoms with van der Waals surface area (Å²) in [5.41, 5.74) is 0. The van der Waals surface area contributed by atoms with Gasteiger partial charge < -0.3 is 10.4 Å². The molecule has 1 unspecified atom stereocenters. The second-order valence-electron chi connectivity index (χ2n) is 3.87. The SMILES string of the molecule is C#CCNC(=O)/C=C/[C@@H](C)C(O)C(C)C. The molecule has 0 rings (SSSR count). The summed E-state index contributed by atoms with van der Waals surface area (Å²) in [4.78, 5) is 11.1. The Kier molecular flexibility index (Phi) is 6.48. The van der Waals surface area contributed by atoms with Crippen LogP contribution >= 0.6 is 0 Å². The summed E-state index contributed by atoms with van der Waals surface area (Å²) in [5, 5.41) is 12.2. The molecule has 0 heterocycles. The van der Waals surface area contributed by atoms with Crippen molar-refractivity contribution in [1.82, 2.24) is 5.32 Å². The Hall–Kier alpha value is -1.27. The van der Waals surface area contributed by atoms with Gasteiger partial charge in [-0.1, -0.05) is 32.8 Å². The van der Waals surface area contributed by atoms with E-state index in [4.69, 9.17) is 6.42 Å². The minimum Gasteiger partial charge on any atom is -0.392 e. The maximum Gasteiger partial charge on any atom is 0.244 e. The van der Waals surface area contributed by atoms with Crippen LogP contribution in [-0.4, -0.2) is 23.7 Å². The zero-order chi connectivity index (χ0) is 11.8. The van der Waals surface area contributed by atoms with Crippen LogP contribution in [-0.2, 0) is 4.79 Å². The third kappa shape index (κ3) is 5.92. The van der Waals surface area contributed by atoms with Crippen molar-refractivity contribution in [3.63, 3.8) is 0 Å². The van der Waals surface area contributed by atoms with Crippen molar-refractivity contribution in [2.45, 2.75) is 26.9 Å². The molecule has 0 spiro atoms. The molecule has 0 aromatic carbocycles. The molecule has 3 heteroatoms. The van der Waals surface area contributed by atoms with Crippen LogP contribution in [0.5, 0.6) is 0 Å². The third-order valence-corrected chi connectivity index (χ3v) is 2.14. The van der Waals surface area contributed by atoms with Crippen molar-refractivity contribution in [2.24, 2.45) is 11.8 Å². The van der Waals surface area contributed by atoms with E-state index in [0.717, 1.165) is 0 Å². The number of aliphatic hydroxyl groups is 1. The number of nitrogens with one attached hydrogen (secondary N) is 1. The van der Waals surface area contributed by atoms with Gasteiger partial charge in [-0.05, 0) is 12.0 Å². The summed E-state index contributed by atoms with van der Waals surface area (Å²) in [6.45, 7) is 5.97. The average Bonchev–Trinajstić information content (AvgIpc) is 2.21.